The summed E-state index contributed by atoms with van der Waals surface area (Å²) < 4.78 is 69.9. The number of alkyl halides is 3. The monoisotopic (exact) mass is 711 g/mol. The molecule has 46 heavy (non-hydrogen) atoms. The molecule has 0 radical (unpaired) electrons. The third kappa shape index (κ3) is 8.14. The van der Waals surface area contributed by atoms with Crippen LogP contribution < -0.4 is 9.62 Å². The molecule has 0 saturated carbocycles. The van der Waals surface area contributed by atoms with E-state index in [4.69, 9.17) is 34.8 Å². The van der Waals surface area contributed by atoms with E-state index < -0.39 is 51.9 Å². The van der Waals surface area contributed by atoms with Crippen LogP contribution in [0.4, 0.5) is 18.9 Å². The number of anilines is 1. The Hall–Kier alpha value is -3.77. The second kappa shape index (κ2) is 14.8. The first-order valence-corrected chi connectivity index (χ1v) is 16.2. The van der Waals surface area contributed by atoms with Crippen molar-refractivity contribution in [2.75, 3.05) is 17.9 Å². The molecule has 0 saturated heterocycles. The Labute approximate surface area is 279 Å². The first kappa shape index (κ1) is 35.1. The van der Waals surface area contributed by atoms with Crippen molar-refractivity contribution in [1.29, 1.82) is 0 Å². The molecule has 0 aliphatic carbocycles. The van der Waals surface area contributed by atoms with Gasteiger partial charge in [-0.1, -0.05) is 89.4 Å². The van der Waals surface area contributed by atoms with Crippen molar-refractivity contribution in [3.05, 3.63) is 129 Å². The molecule has 0 bridgehead atoms. The zero-order valence-corrected chi connectivity index (χ0v) is 27.2. The van der Waals surface area contributed by atoms with Gasteiger partial charge in [0.1, 0.15) is 12.6 Å². The molecule has 2 amide bonds. The summed E-state index contributed by atoms with van der Waals surface area (Å²) in [6.45, 7) is -1.36. The van der Waals surface area contributed by atoms with Crippen molar-refractivity contribution in [3.63, 3.8) is 0 Å². The van der Waals surface area contributed by atoms with Crippen LogP contribution in [0.1, 0.15) is 16.7 Å². The maximum Gasteiger partial charge on any atom is 0.416 e. The quantitative estimate of drug-likeness (QED) is 0.178. The van der Waals surface area contributed by atoms with Crippen LogP contribution in [0, 0.1) is 0 Å². The minimum absolute atomic E-state index is 0.00404. The highest BCUT2D eigenvalue weighted by Crippen LogP contribution is 2.38. The molecule has 0 unspecified atom stereocenters. The highest BCUT2D eigenvalue weighted by Gasteiger charge is 2.37. The molecule has 1 atom stereocenters. The van der Waals surface area contributed by atoms with Gasteiger partial charge in [-0.2, -0.15) is 13.2 Å². The summed E-state index contributed by atoms with van der Waals surface area (Å²) in [5.41, 5.74) is -0.812. The average Bonchev–Trinajstić information content (AvgIpc) is 3.03. The molecular formula is C32H27Cl3F3N3O4S. The van der Waals surface area contributed by atoms with Crippen molar-refractivity contribution >= 4 is 62.3 Å². The van der Waals surface area contributed by atoms with Crippen LogP contribution in [0.15, 0.2) is 102 Å². The second-order valence-corrected chi connectivity index (χ2v) is 13.1. The molecule has 4 aromatic rings. The van der Waals surface area contributed by atoms with E-state index in [-0.39, 0.29) is 38.5 Å². The Kier molecular flexibility index (Phi) is 11.3. The van der Waals surface area contributed by atoms with Crippen molar-refractivity contribution in [2.24, 2.45) is 0 Å². The molecule has 0 fully saturated rings. The highest BCUT2D eigenvalue weighted by molar-refractivity contribution is 7.92. The lowest BCUT2D eigenvalue weighted by Gasteiger charge is -2.34. The molecule has 0 heterocycles. The lowest BCUT2D eigenvalue weighted by molar-refractivity contribution is -0.139. The van der Waals surface area contributed by atoms with E-state index in [0.717, 1.165) is 11.0 Å². The smallest absolute Gasteiger partial charge is 0.357 e. The number of hydrogen-bond acceptors (Lipinski definition) is 4. The fraction of sp³-hybridized carbons (Fsp3) is 0.188. The number of carbonyl (C=O) groups excluding carboxylic acids is 2. The van der Waals surface area contributed by atoms with Gasteiger partial charge in [-0.25, -0.2) is 8.42 Å². The summed E-state index contributed by atoms with van der Waals surface area (Å²) in [4.78, 5) is 28.5. The number of likely N-dealkylation sites (N-methyl/N-ethyl adjacent to an activating group) is 1. The van der Waals surface area contributed by atoms with Gasteiger partial charge in [0.2, 0.25) is 11.8 Å². The Morgan fingerprint density at radius 3 is 1.98 bits per heavy atom. The van der Waals surface area contributed by atoms with Crippen LogP contribution in [0.5, 0.6) is 0 Å². The first-order valence-electron chi connectivity index (χ1n) is 13.7. The maximum atomic E-state index is 14.4. The molecule has 0 spiro atoms. The molecule has 0 aromatic heterocycles. The van der Waals surface area contributed by atoms with Crippen LogP contribution in [0.25, 0.3) is 0 Å². The zero-order valence-electron chi connectivity index (χ0n) is 24.1. The Morgan fingerprint density at radius 2 is 1.41 bits per heavy atom. The largest absolute Gasteiger partial charge is 0.416 e. The topological polar surface area (TPSA) is 86.8 Å². The van der Waals surface area contributed by atoms with E-state index in [1.54, 1.807) is 42.5 Å². The molecule has 4 rings (SSSR count). The van der Waals surface area contributed by atoms with Gasteiger partial charge >= 0.3 is 6.18 Å². The van der Waals surface area contributed by atoms with Crippen molar-refractivity contribution in [3.8, 4) is 0 Å². The summed E-state index contributed by atoms with van der Waals surface area (Å²) >= 11 is 19.2. The van der Waals surface area contributed by atoms with E-state index in [0.29, 0.717) is 22.0 Å². The SMILES string of the molecule is CNC(=O)[C@@H](Cc1ccccc1)N(Cc1c(Cl)cccc1Cl)C(=O)CN(c1cc(C(F)(F)F)ccc1Cl)S(=O)(=O)c1ccccc1. The van der Waals surface area contributed by atoms with Gasteiger partial charge in [0.15, 0.2) is 0 Å². The molecule has 242 valence electrons. The Morgan fingerprint density at radius 1 is 0.826 bits per heavy atom. The van der Waals surface area contributed by atoms with Gasteiger partial charge in [-0.15, -0.1) is 0 Å². The Balaban J connectivity index is 1.88. The predicted molar refractivity (Wildman–Crippen MR) is 172 cm³/mol. The second-order valence-electron chi connectivity index (χ2n) is 10.0. The van der Waals surface area contributed by atoms with Crippen LogP contribution in [-0.2, 0) is 38.8 Å². The average molecular weight is 713 g/mol. The first-order chi connectivity index (χ1) is 21.7. The van der Waals surface area contributed by atoms with Crippen molar-refractivity contribution < 1.29 is 31.2 Å². The summed E-state index contributed by atoms with van der Waals surface area (Å²) in [6, 6.07) is 21.2. The number of amides is 2. The standard InChI is InChI=1S/C32H27Cl3F3N3O4S/c1-39-31(43)29(17-21-9-4-2-5-10-21)40(19-24-25(33)13-8-14-26(24)34)30(42)20-41(46(44,45)23-11-6-3-7-12-23)28-18-22(32(36,37)38)15-16-27(28)35/h2-16,18,29H,17,19-20H2,1H3,(H,39,43)/t29-/m1/s1. The lowest BCUT2D eigenvalue weighted by atomic mass is 10.0. The fourth-order valence-electron chi connectivity index (χ4n) is 4.69. The van der Waals surface area contributed by atoms with Crippen molar-refractivity contribution in [1.82, 2.24) is 10.2 Å². The summed E-state index contributed by atoms with van der Waals surface area (Å²) in [7, 11) is -3.31. The molecular weight excluding hydrogens is 686 g/mol. The van der Waals surface area contributed by atoms with Gasteiger partial charge in [0, 0.05) is 35.6 Å². The summed E-state index contributed by atoms with van der Waals surface area (Å²) in [5, 5.41) is 2.53. The van der Waals surface area contributed by atoms with Crippen molar-refractivity contribution in [2.45, 2.75) is 30.1 Å². The van der Waals surface area contributed by atoms with Crippen LogP contribution in [0.2, 0.25) is 15.1 Å². The van der Waals surface area contributed by atoms with Crippen LogP contribution >= 0.6 is 34.8 Å². The number of rotatable bonds is 11. The van der Waals surface area contributed by atoms with Gasteiger partial charge in [-0.3, -0.25) is 13.9 Å². The lowest BCUT2D eigenvalue weighted by Crippen LogP contribution is -2.53. The van der Waals surface area contributed by atoms with E-state index in [1.165, 1.54) is 43.4 Å². The van der Waals surface area contributed by atoms with E-state index in [9.17, 15) is 31.2 Å². The minimum Gasteiger partial charge on any atom is -0.357 e. The number of sulfonamides is 1. The summed E-state index contributed by atoms with van der Waals surface area (Å²) in [5.74, 6) is -1.52. The normalized spacial score (nSPS) is 12.3. The van der Waals surface area contributed by atoms with Gasteiger partial charge in [0.25, 0.3) is 10.0 Å². The van der Waals surface area contributed by atoms with Gasteiger partial charge < -0.3 is 10.2 Å². The molecule has 0 aliphatic rings. The molecule has 0 aliphatic heterocycles. The predicted octanol–water partition coefficient (Wildman–Crippen LogP) is 7.25. The van der Waals surface area contributed by atoms with E-state index in [1.807, 2.05) is 0 Å². The Bertz CT molecular complexity index is 1790. The number of hydrogen-bond donors (Lipinski definition) is 1. The maximum absolute atomic E-state index is 14.4. The third-order valence-corrected chi connectivity index (χ3v) is 9.86. The molecule has 1 N–H and O–H groups in total. The van der Waals surface area contributed by atoms with Gasteiger partial charge in [-0.05, 0) is 48.0 Å². The minimum atomic E-state index is -4.85. The van der Waals surface area contributed by atoms with Crippen LogP contribution in [0.3, 0.4) is 0 Å². The van der Waals surface area contributed by atoms with Gasteiger partial charge in [0.05, 0.1) is 21.2 Å². The number of halogens is 6. The number of carbonyl (C=O) groups is 2. The summed E-state index contributed by atoms with van der Waals surface area (Å²) in [6.07, 6.45) is -4.84. The van der Waals surface area contributed by atoms with Crippen LogP contribution in [-0.4, -0.2) is 44.8 Å². The highest BCUT2D eigenvalue weighted by atomic mass is 35.5. The fourth-order valence-corrected chi connectivity index (χ4v) is 6.92. The number of nitrogens with zero attached hydrogens (tertiary/aromatic N) is 2. The van der Waals surface area contributed by atoms with E-state index in [2.05, 4.69) is 5.32 Å². The number of nitrogens with one attached hydrogen (secondary N) is 1. The van der Waals surface area contributed by atoms with E-state index >= 15 is 0 Å². The zero-order chi connectivity index (χ0) is 33.6. The third-order valence-electron chi connectivity index (χ3n) is 7.06. The molecule has 4 aromatic carbocycles. The molecule has 14 heteroatoms. The molecule has 7 nitrogen and oxygen atoms in total. The number of benzene rings is 4.